The Morgan fingerprint density at radius 2 is 1.83 bits per heavy atom. The summed E-state index contributed by atoms with van der Waals surface area (Å²) in [6, 6.07) is 12.5. The van der Waals surface area contributed by atoms with Crippen LogP contribution < -0.4 is 16.0 Å². The molecule has 2 amide bonds. The zero-order valence-corrected chi connectivity index (χ0v) is 15.7. The maximum atomic E-state index is 11.8. The van der Waals surface area contributed by atoms with Crippen molar-refractivity contribution >= 4 is 17.4 Å². The summed E-state index contributed by atoms with van der Waals surface area (Å²) in [5.74, 6) is 0. The van der Waals surface area contributed by atoms with Crippen LogP contribution in [0.5, 0.6) is 0 Å². The molecule has 0 aliphatic rings. The minimum Gasteiger partial charge on any atom is -0.338 e. The largest absolute Gasteiger partial charge is 0.338 e. The van der Waals surface area contributed by atoms with E-state index < -0.39 is 0 Å². The average Bonchev–Trinajstić information content (AvgIpc) is 3.06. The molecule has 2 aromatic rings. The van der Waals surface area contributed by atoms with E-state index in [4.69, 9.17) is 0 Å². The molecule has 0 saturated carbocycles. The van der Waals surface area contributed by atoms with E-state index >= 15 is 0 Å². The van der Waals surface area contributed by atoms with Crippen LogP contribution in [0.1, 0.15) is 24.5 Å². The Morgan fingerprint density at radius 3 is 2.46 bits per heavy atom. The lowest BCUT2D eigenvalue weighted by molar-refractivity contribution is 0.237. The van der Waals surface area contributed by atoms with E-state index in [0.29, 0.717) is 6.54 Å². The van der Waals surface area contributed by atoms with Crippen LogP contribution in [0.25, 0.3) is 0 Å². The van der Waals surface area contributed by atoms with Gasteiger partial charge >= 0.3 is 6.03 Å². The Kier molecular flexibility index (Phi) is 10.6. The quantitative estimate of drug-likeness (QED) is 0.672. The molecule has 0 aliphatic carbocycles. The van der Waals surface area contributed by atoms with Gasteiger partial charge in [-0.05, 0) is 68.2 Å². The molecule has 0 fully saturated rings. The van der Waals surface area contributed by atoms with Gasteiger partial charge < -0.3 is 16.0 Å². The first-order chi connectivity index (χ1) is 11.7. The van der Waals surface area contributed by atoms with Crippen LogP contribution in [0.2, 0.25) is 0 Å². The molecule has 1 aromatic heterocycles. The summed E-state index contributed by atoms with van der Waals surface area (Å²) < 4.78 is 0. The molecule has 1 heterocycles. The number of amides is 2. The number of urea groups is 1. The number of carbonyl (C=O) groups excluding carboxylic acids is 1. The van der Waals surface area contributed by atoms with Crippen molar-refractivity contribution in [3.05, 3.63) is 58.3 Å². The molecular formula is C19H29N3OS. The first kappa shape index (κ1) is 20.2. The fraction of sp³-hybridized carbons (Fsp3) is 0.421. The van der Waals surface area contributed by atoms with Gasteiger partial charge in [0.25, 0.3) is 0 Å². The zero-order chi connectivity index (χ0) is 17.6. The summed E-state index contributed by atoms with van der Waals surface area (Å²) in [5, 5.41) is 12.8. The molecule has 0 bridgehead atoms. The Bertz CT molecular complexity index is 543. The second-order valence-electron chi connectivity index (χ2n) is 5.73. The predicted molar refractivity (Wildman–Crippen MR) is 104 cm³/mol. The Labute approximate surface area is 149 Å². The molecule has 0 aliphatic heterocycles. The van der Waals surface area contributed by atoms with Gasteiger partial charge in [0.1, 0.15) is 0 Å². The molecule has 5 heteroatoms. The monoisotopic (exact) mass is 347 g/mol. The van der Waals surface area contributed by atoms with Gasteiger partial charge in [-0.1, -0.05) is 30.3 Å². The van der Waals surface area contributed by atoms with Crippen molar-refractivity contribution in [3.63, 3.8) is 0 Å². The van der Waals surface area contributed by atoms with Gasteiger partial charge in [-0.3, -0.25) is 0 Å². The molecule has 24 heavy (non-hydrogen) atoms. The Balaban J connectivity index is 0.000000891. The molecule has 3 N–H and O–H groups in total. The number of rotatable bonds is 7. The topological polar surface area (TPSA) is 53.2 Å². The van der Waals surface area contributed by atoms with E-state index in [2.05, 4.69) is 44.9 Å². The number of carbonyl (C=O) groups is 1. The maximum Gasteiger partial charge on any atom is 0.315 e. The van der Waals surface area contributed by atoms with E-state index in [0.717, 1.165) is 19.3 Å². The second kappa shape index (κ2) is 12.6. The third-order valence-corrected chi connectivity index (χ3v) is 4.00. The molecule has 1 aromatic carbocycles. The number of thiophene rings is 1. The number of hydrogen-bond acceptors (Lipinski definition) is 3. The molecule has 0 radical (unpaired) electrons. The van der Waals surface area contributed by atoms with Crippen LogP contribution in [0, 0.1) is 0 Å². The van der Waals surface area contributed by atoms with E-state index in [-0.39, 0.29) is 12.1 Å². The van der Waals surface area contributed by atoms with Gasteiger partial charge in [-0.25, -0.2) is 4.79 Å². The fourth-order valence-corrected chi connectivity index (χ4v) is 2.91. The number of aryl methyl sites for hydroxylation is 1. The van der Waals surface area contributed by atoms with Crippen molar-refractivity contribution in [2.75, 3.05) is 20.6 Å². The third-order valence-electron chi connectivity index (χ3n) is 3.27. The highest BCUT2D eigenvalue weighted by molar-refractivity contribution is 7.07. The van der Waals surface area contributed by atoms with Crippen LogP contribution in [0.4, 0.5) is 4.79 Å². The highest BCUT2D eigenvalue weighted by Crippen LogP contribution is 2.08. The first-order valence-electron chi connectivity index (χ1n) is 8.33. The van der Waals surface area contributed by atoms with Gasteiger partial charge in [-0.15, -0.1) is 0 Å². The molecule has 4 nitrogen and oxygen atoms in total. The van der Waals surface area contributed by atoms with Crippen molar-refractivity contribution in [2.45, 2.75) is 32.2 Å². The van der Waals surface area contributed by atoms with Gasteiger partial charge in [0.2, 0.25) is 0 Å². The Hall–Kier alpha value is -1.85. The molecule has 0 spiro atoms. The smallest absolute Gasteiger partial charge is 0.315 e. The first-order valence-corrected chi connectivity index (χ1v) is 9.27. The lowest BCUT2D eigenvalue weighted by Gasteiger charge is -2.14. The van der Waals surface area contributed by atoms with Gasteiger partial charge in [0.05, 0.1) is 0 Å². The third kappa shape index (κ3) is 9.33. The van der Waals surface area contributed by atoms with Crippen molar-refractivity contribution in [1.82, 2.24) is 16.0 Å². The van der Waals surface area contributed by atoms with Crippen LogP contribution >= 0.6 is 11.3 Å². The molecule has 132 valence electrons. The highest BCUT2D eigenvalue weighted by atomic mass is 32.1. The van der Waals surface area contributed by atoms with E-state index in [1.807, 2.05) is 39.2 Å². The minimum absolute atomic E-state index is 0.0780. The van der Waals surface area contributed by atoms with Crippen LogP contribution in [-0.4, -0.2) is 32.7 Å². The van der Waals surface area contributed by atoms with Crippen LogP contribution in [0.15, 0.2) is 47.2 Å². The summed E-state index contributed by atoms with van der Waals surface area (Å²) in [5.41, 5.74) is 2.59. The Morgan fingerprint density at radius 1 is 1.12 bits per heavy atom. The zero-order valence-electron chi connectivity index (χ0n) is 14.8. The lowest BCUT2D eigenvalue weighted by Crippen LogP contribution is -2.42. The summed E-state index contributed by atoms with van der Waals surface area (Å²) >= 11 is 1.69. The second-order valence-corrected chi connectivity index (χ2v) is 6.51. The van der Waals surface area contributed by atoms with E-state index in [1.165, 1.54) is 11.1 Å². The summed E-state index contributed by atoms with van der Waals surface area (Å²) in [6.07, 6.45) is 2.82. The van der Waals surface area contributed by atoms with Crippen molar-refractivity contribution in [2.24, 2.45) is 0 Å². The van der Waals surface area contributed by atoms with Gasteiger partial charge in [0, 0.05) is 12.6 Å². The van der Waals surface area contributed by atoms with E-state index in [9.17, 15) is 4.79 Å². The number of benzene rings is 1. The van der Waals surface area contributed by atoms with Crippen molar-refractivity contribution in [3.8, 4) is 0 Å². The van der Waals surface area contributed by atoms with Crippen LogP contribution in [-0.2, 0) is 12.8 Å². The average molecular weight is 348 g/mol. The number of hydrogen-bond donors (Lipinski definition) is 3. The summed E-state index contributed by atoms with van der Waals surface area (Å²) in [4.78, 5) is 11.8. The van der Waals surface area contributed by atoms with E-state index in [1.54, 1.807) is 11.3 Å². The maximum absolute atomic E-state index is 11.8. The van der Waals surface area contributed by atoms with Crippen molar-refractivity contribution < 1.29 is 4.79 Å². The summed E-state index contributed by atoms with van der Waals surface area (Å²) in [7, 11) is 3.75. The van der Waals surface area contributed by atoms with Crippen molar-refractivity contribution in [1.29, 1.82) is 0 Å². The molecule has 0 unspecified atom stereocenters. The molecule has 1 atom stereocenters. The predicted octanol–water partition coefficient (Wildman–Crippen LogP) is 3.45. The number of nitrogens with one attached hydrogen (secondary N) is 3. The standard InChI is InChI=1S/C17H22N2OS.C2H7N/c1-14(12-16-9-11-21-13-16)19-17(20)18-10-5-8-15-6-3-2-4-7-15;1-3-2/h2-4,6-7,9,11,13-14H,5,8,10,12H2,1H3,(H2,18,19,20);3H,1-2H3/t14-;/m1./s1. The fourth-order valence-electron chi connectivity index (χ4n) is 2.23. The molecular weight excluding hydrogens is 318 g/mol. The van der Waals surface area contributed by atoms with Gasteiger partial charge in [0.15, 0.2) is 0 Å². The minimum atomic E-state index is -0.0780. The normalized spacial score (nSPS) is 11.1. The molecule has 0 saturated heterocycles. The SMILES string of the molecule is CNC.C[C@H](Cc1ccsc1)NC(=O)NCCCc1ccccc1. The highest BCUT2D eigenvalue weighted by Gasteiger charge is 2.07. The molecule has 2 rings (SSSR count). The van der Waals surface area contributed by atoms with Gasteiger partial charge in [-0.2, -0.15) is 11.3 Å². The lowest BCUT2D eigenvalue weighted by atomic mass is 10.1. The summed E-state index contributed by atoms with van der Waals surface area (Å²) in [6.45, 7) is 2.73. The van der Waals surface area contributed by atoms with Crippen LogP contribution in [0.3, 0.4) is 0 Å².